The van der Waals surface area contributed by atoms with E-state index in [0.717, 1.165) is 77.7 Å². The number of fused-ring (bicyclic) bond motifs is 3. The monoisotopic (exact) mass is 507 g/mol. The summed E-state index contributed by atoms with van der Waals surface area (Å²) < 4.78 is 0. The Morgan fingerprint density at radius 2 is 1.49 bits per heavy atom. The molecule has 1 aliphatic rings. The molecule has 1 aliphatic carbocycles. The van der Waals surface area contributed by atoms with E-state index in [1.54, 1.807) is 0 Å². The third kappa shape index (κ3) is 6.01. The zero-order valence-corrected chi connectivity index (χ0v) is 22.5. The van der Waals surface area contributed by atoms with Crippen LogP contribution in [0.4, 0.5) is 0 Å². The lowest BCUT2D eigenvalue weighted by Crippen LogP contribution is -2.31. The van der Waals surface area contributed by atoms with Gasteiger partial charge in [0.25, 0.3) is 0 Å². The lowest BCUT2D eigenvalue weighted by atomic mass is 9.94. The fourth-order valence-electron chi connectivity index (χ4n) is 4.89. The molecule has 1 N–H and O–H groups in total. The fraction of sp³-hybridized carbons (Fsp3) is 0.355. The molecule has 0 bridgehead atoms. The van der Waals surface area contributed by atoms with E-state index in [1.165, 1.54) is 5.56 Å². The van der Waals surface area contributed by atoms with Crippen LogP contribution in [0.1, 0.15) is 73.5 Å². The molecule has 4 rings (SSSR count). The molecule has 2 nitrogen and oxygen atoms in total. The number of rotatable bonds is 10. The van der Waals surface area contributed by atoms with E-state index in [2.05, 4.69) is 62.1 Å². The molecular weight excluding hydrogens is 473 g/mol. The molecule has 0 aromatic heterocycles. The van der Waals surface area contributed by atoms with Gasteiger partial charge in [0.15, 0.2) is 0 Å². The Hall–Kier alpha value is -2.10. The number of aryl methyl sites for hydroxylation is 1. The maximum atomic E-state index is 11.5. The summed E-state index contributed by atoms with van der Waals surface area (Å²) in [7, 11) is 0. The van der Waals surface area contributed by atoms with Crippen LogP contribution in [0.2, 0.25) is 10.0 Å². The highest BCUT2D eigenvalue weighted by molar-refractivity contribution is 6.32. The number of halogens is 2. The van der Waals surface area contributed by atoms with E-state index in [0.29, 0.717) is 16.6 Å². The molecule has 0 heterocycles. The van der Waals surface area contributed by atoms with Crippen LogP contribution in [-0.4, -0.2) is 29.6 Å². The number of hydrogen-bond acceptors (Lipinski definition) is 2. The summed E-state index contributed by atoms with van der Waals surface area (Å²) in [5, 5.41) is 12.9. The summed E-state index contributed by atoms with van der Waals surface area (Å²) in [5.74, 6) is 0. The Bertz CT molecular complexity index is 1190. The third-order valence-electron chi connectivity index (χ3n) is 6.80. The second kappa shape index (κ2) is 11.8. The average molecular weight is 509 g/mol. The molecule has 0 radical (unpaired) electrons. The van der Waals surface area contributed by atoms with Crippen molar-refractivity contribution in [1.29, 1.82) is 0 Å². The van der Waals surface area contributed by atoms with Crippen molar-refractivity contribution in [3.05, 3.63) is 92.5 Å². The molecule has 0 spiro atoms. The van der Waals surface area contributed by atoms with Crippen LogP contribution in [0, 0.1) is 6.92 Å². The van der Waals surface area contributed by atoms with Gasteiger partial charge in [0.2, 0.25) is 0 Å². The maximum Gasteiger partial charge on any atom is 0.0923 e. The lowest BCUT2D eigenvalue weighted by Gasteiger charge is -2.26. The normalized spacial score (nSPS) is 14.4. The smallest absolute Gasteiger partial charge is 0.0923 e. The molecule has 3 aromatic rings. The van der Waals surface area contributed by atoms with Crippen molar-refractivity contribution >= 4 is 34.9 Å². The zero-order valence-electron chi connectivity index (χ0n) is 21.0. The standard InChI is InChI=1S/C31H35Cl2NO/c1-4-6-14-34(15-7-5-2)20-30(35)29-19-24(33)18-28-26(16-22-10-8-21(3)9-11-22)27-17-23(32)12-13-25(27)31(28)29/h8-13,16-19,30,35H,4-7,14-15,20H2,1-3H3. The van der Waals surface area contributed by atoms with Gasteiger partial charge in [-0.3, -0.25) is 0 Å². The van der Waals surface area contributed by atoms with Gasteiger partial charge < -0.3 is 10.0 Å². The second-order valence-electron chi connectivity index (χ2n) is 9.60. The largest absolute Gasteiger partial charge is 0.387 e. The number of hydrogen-bond donors (Lipinski definition) is 1. The predicted molar refractivity (Wildman–Crippen MR) is 151 cm³/mol. The molecule has 0 aliphatic heterocycles. The first kappa shape index (κ1) is 26.0. The van der Waals surface area contributed by atoms with Crippen LogP contribution >= 0.6 is 23.2 Å². The van der Waals surface area contributed by atoms with Crippen LogP contribution in [0.15, 0.2) is 54.6 Å². The van der Waals surface area contributed by atoms with E-state index in [9.17, 15) is 5.11 Å². The van der Waals surface area contributed by atoms with Gasteiger partial charge in [-0.2, -0.15) is 0 Å². The van der Waals surface area contributed by atoms with Crippen molar-refractivity contribution in [2.24, 2.45) is 0 Å². The molecule has 0 amide bonds. The lowest BCUT2D eigenvalue weighted by molar-refractivity contribution is 0.111. The van der Waals surface area contributed by atoms with Crippen molar-refractivity contribution in [2.45, 2.75) is 52.6 Å². The molecule has 3 aromatic carbocycles. The number of aliphatic hydroxyl groups is 1. The van der Waals surface area contributed by atoms with E-state index in [-0.39, 0.29) is 0 Å². The van der Waals surface area contributed by atoms with Gasteiger partial charge in [-0.05, 0) is 102 Å². The highest BCUT2D eigenvalue weighted by Crippen LogP contribution is 2.49. The molecule has 0 saturated heterocycles. The first-order chi connectivity index (χ1) is 16.9. The van der Waals surface area contributed by atoms with Gasteiger partial charge in [0, 0.05) is 16.6 Å². The maximum absolute atomic E-state index is 11.5. The van der Waals surface area contributed by atoms with Crippen molar-refractivity contribution in [2.75, 3.05) is 19.6 Å². The SMILES string of the molecule is CCCCN(CCCC)CC(O)c1cc(Cl)cc2c1-c1ccc(Cl)cc1C2=Cc1ccc(C)cc1. The minimum atomic E-state index is -0.626. The molecule has 1 unspecified atom stereocenters. The summed E-state index contributed by atoms with van der Waals surface area (Å²) in [6.07, 6.45) is 6.13. The molecule has 35 heavy (non-hydrogen) atoms. The number of aliphatic hydroxyl groups excluding tert-OH is 1. The average Bonchev–Trinajstić information content (AvgIpc) is 3.13. The Balaban J connectivity index is 1.79. The van der Waals surface area contributed by atoms with Crippen molar-refractivity contribution in [3.63, 3.8) is 0 Å². The highest BCUT2D eigenvalue weighted by Gasteiger charge is 2.29. The van der Waals surface area contributed by atoms with Gasteiger partial charge in [-0.15, -0.1) is 0 Å². The fourth-order valence-corrected chi connectivity index (χ4v) is 5.29. The number of benzene rings is 3. The molecule has 4 heteroatoms. The summed E-state index contributed by atoms with van der Waals surface area (Å²) in [5.41, 5.74) is 8.63. The summed E-state index contributed by atoms with van der Waals surface area (Å²) >= 11 is 13.1. The first-order valence-electron chi connectivity index (χ1n) is 12.7. The Kier molecular flexibility index (Phi) is 8.73. The van der Waals surface area contributed by atoms with Crippen LogP contribution in [0.25, 0.3) is 22.8 Å². The summed E-state index contributed by atoms with van der Waals surface area (Å²) in [4.78, 5) is 2.39. The number of unbranched alkanes of at least 4 members (excludes halogenated alkanes) is 2. The van der Waals surface area contributed by atoms with Gasteiger partial charge in [-0.25, -0.2) is 0 Å². The van der Waals surface area contributed by atoms with E-state index < -0.39 is 6.10 Å². The zero-order chi connectivity index (χ0) is 24.9. The van der Waals surface area contributed by atoms with Gasteiger partial charge in [0.1, 0.15) is 0 Å². The first-order valence-corrected chi connectivity index (χ1v) is 13.5. The van der Waals surface area contributed by atoms with E-state index in [4.69, 9.17) is 23.2 Å². The van der Waals surface area contributed by atoms with Crippen LogP contribution in [0.3, 0.4) is 0 Å². The Labute approximate surface area is 220 Å². The van der Waals surface area contributed by atoms with E-state index in [1.807, 2.05) is 24.3 Å². The van der Waals surface area contributed by atoms with Crippen LogP contribution in [-0.2, 0) is 0 Å². The third-order valence-corrected chi connectivity index (χ3v) is 7.25. The van der Waals surface area contributed by atoms with Crippen LogP contribution < -0.4 is 0 Å². The van der Waals surface area contributed by atoms with Crippen molar-refractivity contribution in [1.82, 2.24) is 4.90 Å². The topological polar surface area (TPSA) is 23.5 Å². The van der Waals surface area contributed by atoms with E-state index >= 15 is 0 Å². The van der Waals surface area contributed by atoms with Gasteiger partial charge >= 0.3 is 0 Å². The minimum absolute atomic E-state index is 0.604. The van der Waals surface area contributed by atoms with Crippen molar-refractivity contribution < 1.29 is 5.11 Å². The predicted octanol–water partition coefficient (Wildman–Crippen LogP) is 8.81. The second-order valence-corrected chi connectivity index (χ2v) is 10.5. The quantitative estimate of drug-likeness (QED) is 0.231. The molecular formula is C31H35Cl2NO. The summed E-state index contributed by atoms with van der Waals surface area (Å²) in [6, 6.07) is 18.5. The molecule has 0 saturated carbocycles. The number of nitrogens with zero attached hydrogens (tertiary/aromatic N) is 1. The Morgan fingerprint density at radius 3 is 2.14 bits per heavy atom. The van der Waals surface area contributed by atoms with Crippen LogP contribution in [0.5, 0.6) is 0 Å². The molecule has 0 fully saturated rings. The van der Waals surface area contributed by atoms with Crippen molar-refractivity contribution in [3.8, 4) is 11.1 Å². The molecule has 1 atom stereocenters. The van der Waals surface area contributed by atoms with Gasteiger partial charge in [-0.1, -0.05) is 85.8 Å². The Morgan fingerprint density at radius 1 is 0.829 bits per heavy atom. The summed E-state index contributed by atoms with van der Waals surface area (Å²) in [6.45, 7) is 9.12. The molecule has 184 valence electrons. The minimum Gasteiger partial charge on any atom is -0.387 e. The van der Waals surface area contributed by atoms with Gasteiger partial charge in [0.05, 0.1) is 6.10 Å². The highest BCUT2D eigenvalue weighted by atomic mass is 35.5.